The maximum Gasteiger partial charge on any atom is 0.310 e. The lowest BCUT2D eigenvalue weighted by atomic mass is 10.2. The predicted octanol–water partition coefficient (Wildman–Crippen LogP) is 2.64. The molecule has 0 aliphatic rings. The standard InChI is InChI=1S/C17H18N2O5/c1-18(11-13-6-5-7-14(10-13)23-2)17(20)12-24-16-9-4-3-8-15(16)19(21)22/h3-10H,11-12H2,1-2H3. The Morgan fingerprint density at radius 1 is 1.21 bits per heavy atom. The fraction of sp³-hybridized carbons (Fsp3) is 0.235. The third-order valence-electron chi connectivity index (χ3n) is 3.39. The van der Waals surface area contributed by atoms with Crippen molar-refractivity contribution < 1.29 is 19.2 Å². The highest BCUT2D eigenvalue weighted by Crippen LogP contribution is 2.25. The number of para-hydroxylation sites is 2. The number of likely N-dealkylation sites (N-methyl/N-ethyl adjacent to an activating group) is 1. The number of carbonyl (C=O) groups excluding carboxylic acids is 1. The molecule has 0 saturated carbocycles. The summed E-state index contributed by atoms with van der Waals surface area (Å²) in [4.78, 5) is 24.0. The van der Waals surface area contributed by atoms with E-state index in [0.29, 0.717) is 12.3 Å². The first-order chi connectivity index (χ1) is 11.5. The van der Waals surface area contributed by atoms with Crippen molar-refractivity contribution in [2.45, 2.75) is 6.54 Å². The normalized spacial score (nSPS) is 10.1. The summed E-state index contributed by atoms with van der Waals surface area (Å²) in [6, 6.07) is 13.4. The van der Waals surface area contributed by atoms with Gasteiger partial charge in [0, 0.05) is 19.7 Å². The molecule has 7 nitrogen and oxygen atoms in total. The highest BCUT2D eigenvalue weighted by Gasteiger charge is 2.16. The number of methoxy groups -OCH3 is 1. The second kappa shape index (κ2) is 7.96. The number of nitrogens with zero attached hydrogens (tertiary/aromatic N) is 2. The van der Waals surface area contributed by atoms with Gasteiger partial charge in [0.15, 0.2) is 12.4 Å². The molecule has 0 spiro atoms. The number of ether oxygens (including phenoxy) is 2. The Morgan fingerprint density at radius 2 is 1.96 bits per heavy atom. The lowest BCUT2D eigenvalue weighted by Crippen LogP contribution is -2.31. The van der Waals surface area contributed by atoms with E-state index < -0.39 is 4.92 Å². The molecule has 1 amide bonds. The zero-order valence-corrected chi connectivity index (χ0v) is 13.5. The summed E-state index contributed by atoms with van der Waals surface area (Å²) in [5.41, 5.74) is 0.747. The van der Waals surface area contributed by atoms with Gasteiger partial charge in [-0.25, -0.2) is 0 Å². The van der Waals surface area contributed by atoms with Crippen molar-refractivity contribution in [1.82, 2.24) is 4.90 Å². The zero-order valence-electron chi connectivity index (χ0n) is 13.5. The smallest absolute Gasteiger partial charge is 0.310 e. The van der Waals surface area contributed by atoms with E-state index in [-0.39, 0.29) is 24.0 Å². The Morgan fingerprint density at radius 3 is 2.67 bits per heavy atom. The highest BCUT2D eigenvalue weighted by molar-refractivity contribution is 5.77. The number of rotatable bonds is 7. The SMILES string of the molecule is COc1cccc(CN(C)C(=O)COc2ccccc2[N+](=O)[O-])c1. The Labute approximate surface area is 139 Å². The van der Waals surface area contributed by atoms with Crippen LogP contribution in [0.25, 0.3) is 0 Å². The summed E-state index contributed by atoms with van der Waals surface area (Å²) >= 11 is 0. The Hall–Kier alpha value is -3.09. The number of hydrogen-bond donors (Lipinski definition) is 0. The average molecular weight is 330 g/mol. The molecule has 0 fully saturated rings. The van der Waals surface area contributed by atoms with Gasteiger partial charge in [0.2, 0.25) is 0 Å². The molecule has 0 N–H and O–H groups in total. The Balaban J connectivity index is 1.96. The molecular formula is C17H18N2O5. The molecular weight excluding hydrogens is 312 g/mol. The van der Waals surface area contributed by atoms with Crippen LogP contribution in [-0.4, -0.2) is 36.5 Å². The topological polar surface area (TPSA) is 81.9 Å². The molecule has 2 aromatic rings. The molecule has 126 valence electrons. The molecule has 7 heteroatoms. The molecule has 2 rings (SSSR count). The molecule has 0 aliphatic carbocycles. The monoisotopic (exact) mass is 330 g/mol. The fourth-order valence-electron chi connectivity index (χ4n) is 2.11. The minimum Gasteiger partial charge on any atom is -0.497 e. The van der Waals surface area contributed by atoms with E-state index in [2.05, 4.69) is 0 Å². The van der Waals surface area contributed by atoms with Gasteiger partial charge in [0.25, 0.3) is 5.91 Å². The zero-order chi connectivity index (χ0) is 17.5. The molecule has 0 radical (unpaired) electrons. The maximum atomic E-state index is 12.2. The van der Waals surface area contributed by atoms with E-state index in [1.807, 2.05) is 24.3 Å². The van der Waals surface area contributed by atoms with Crippen molar-refractivity contribution in [3.05, 3.63) is 64.2 Å². The first-order valence-corrected chi connectivity index (χ1v) is 7.24. The summed E-state index contributed by atoms with van der Waals surface area (Å²) in [5.74, 6) is 0.506. The second-order valence-electron chi connectivity index (χ2n) is 5.11. The van der Waals surface area contributed by atoms with Gasteiger partial charge in [-0.3, -0.25) is 14.9 Å². The van der Waals surface area contributed by atoms with Crippen LogP contribution >= 0.6 is 0 Å². The third kappa shape index (κ3) is 4.45. The molecule has 0 aliphatic heterocycles. The quantitative estimate of drug-likeness (QED) is 0.576. The van der Waals surface area contributed by atoms with Gasteiger partial charge in [-0.1, -0.05) is 24.3 Å². The van der Waals surface area contributed by atoms with Crippen LogP contribution in [0.4, 0.5) is 5.69 Å². The van der Waals surface area contributed by atoms with E-state index in [1.165, 1.54) is 17.0 Å². The fourth-order valence-corrected chi connectivity index (χ4v) is 2.11. The third-order valence-corrected chi connectivity index (χ3v) is 3.39. The van der Waals surface area contributed by atoms with Crippen molar-refractivity contribution in [1.29, 1.82) is 0 Å². The molecule has 2 aromatic carbocycles. The number of amides is 1. The maximum absolute atomic E-state index is 12.2. The lowest BCUT2D eigenvalue weighted by molar-refractivity contribution is -0.385. The molecule has 0 bridgehead atoms. The summed E-state index contributed by atoms with van der Waals surface area (Å²) in [5, 5.41) is 10.9. The highest BCUT2D eigenvalue weighted by atomic mass is 16.6. The molecule has 0 atom stereocenters. The van der Waals surface area contributed by atoms with Crippen molar-refractivity contribution in [2.75, 3.05) is 20.8 Å². The van der Waals surface area contributed by atoms with Crippen LogP contribution < -0.4 is 9.47 Å². The lowest BCUT2D eigenvalue weighted by Gasteiger charge is -2.18. The minimum atomic E-state index is -0.542. The number of benzene rings is 2. The predicted molar refractivity (Wildman–Crippen MR) is 88.1 cm³/mol. The van der Waals surface area contributed by atoms with Gasteiger partial charge in [-0.05, 0) is 23.8 Å². The van der Waals surface area contributed by atoms with Crippen molar-refractivity contribution in [3.63, 3.8) is 0 Å². The van der Waals surface area contributed by atoms with E-state index in [1.54, 1.807) is 26.3 Å². The van der Waals surface area contributed by atoms with E-state index in [4.69, 9.17) is 9.47 Å². The molecule has 0 heterocycles. The second-order valence-corrected chi connectivity index (χ2v) is 5.11. The number of carbonyl (C=O) groups is 1. The molecule has 0 unspecified atom stereocenters. The van der Waals surface area contributed by atoms with Crippen molar-refractivity contribution in [2.24, 2.45) is 0 Å². The summed E-state index contributed by atoms with van der Waals surface area (Å²) in [7, 11) is 3.22. The van der Waals surface area contributed by atoms with E-state index in [9.17, 15) is 14.9 Å². The molecule has 24 heavy (non-hydrogen) atoms. The van der Waals surface area contributed by atoms with Crippen LogP contribution in [0.1, 0.15) is 5.56 Å². The van der Waals surface area contributed by atoms with Crippen molar-refractivity contribution in [3.8, 4) is 11.5 Å². The van der Waals surface area contributed by atoms with E-state index in [0.717, 1.165) is 5.56 Å². The van der Waals surface area contributed by atoms with Crippen LogP contribution in [0.3, 0.4) is 0 Å². The molecule has 0 saturated heterocycles. The van der Waals surface area contributed by atoms with E-state index >= 15 is 0 Å². The van der Waals surface area contributed by atoms with Crippen LogP contribution in [0.15, 0.2) is 48.5 Å². The Kier molecular flexibility index (Phi) is 5.73. The number of nitro benzene ring substituents is 1. The average Bonchev–Trinajstić information content (AvgIpc) is 2.59. The van der Waals surface area contributed by atoms with Gasteiger partial charge in [0.05, 0.1) is 12.0 Å². The van der Waals surface area contributed by atoms with Crippen molar-refractivity contribution >= 4 is 11.6 Å². The number of hydrogen-bond acceptors (Lipinski definition) is 5. The van der Waals surface area contributed by atoms with Gasteiger partial charge in [0.1, 0.15) is 5.75 Å². The minimum absolute atomic E-state index is 0.0747. The van der Waals surface area contributed by atoms with Gasteiger partial charge >= 0.3 is 5.69 Å². The van der Waals surface area contributed by atoms with Crippen LogP contribution in [0.2, 0.25) is 0 Å². The Bertz CT molecular complexity index is 732. The number of nitro groups is 1. The summed E-state index contributed by atoms with van der Waals surface area (Å²) in [6.45, 7) is 0.113. The van der Waals surface area contributed by atoms with Crippen LogP contribution in [0, 0.1) is 10.1 Å². The molecule has 0 aromatic heterocycles. The van der Waals surface area contributed by atoms with Crippen LogP contribution in [-0.2, 0) is 11.3 Å². The van der Waals surface area contributed by atoms with Gasteiger partial charge in [-0.2, -0.15) is 0 Å². The largest absolute Gasteiger partial charge is 0.497 e. The first-order valence-electron chi connectivity index (χ1n) is 7.24. The van der Waals surface area contributed by atoms with Gasteiger partial charge in [-0.15, -0.1) is 0 Å². The summed E-state index contributed by atoms with van der Waals surface area (Å²) < 4.78 is 10.5. The summed E-state index contributed by atoms with van der Waals surface area (Å²) in [6.07, 6.45) is 0. The van der Waals surface area contributed by atoms with Crippen LogP contribution in [0.5, 0.6) is 11.5 Å². The van der Waals surface area contributed by atoms with Gasteiger partial charge < -0.3 is 14.4 Å². The first kappa shape index (κ1) is 17.3.